The summed E-state index contributed by atoms with van der Waals surface area (Å²) < 4.78 is 0. The van der Waals surface area contributed by atoms with Gasteiger partial charge in [0.25, 0.3) is 0 Å². The van der Waals surface area contributed by atoms with Crippen molar-refractivity contribution in [3.05, 3.63) is 174 Å². The van der Waals surface area contributed by atoms with E-state index in [1.54, 1.807) is 0 Å². The molecule has 8 rings (SSSR count). The number of fused-ring (bicyclic) bond motifs is 3. The van der Waals surface area contributed by atoms with Crippen LogP contribution in [0.4, 0.5) is 5.69 Å². The maximum absolute atomic E-state index is 2.56. The molecule has 0 aromatic heterocycles. The van der Waals surface area contributed by atoms with Crippen molar-refractivity contribution in [1.82, 2.24) is 0 Å². The van der Waals surface area contributed by atoms with Crippen LogP contribution in [0.5, 0.6) is 0 Å². The molecule has 236 valence electrons. The van der Waals surface area contributed by atoms with Crippen LogP contribution in [0.2, 0.25) is 0 Å². The van der Waals surface area contributed by atoms with E-state index in [0.29, 0.717) is 0 Å². The predicted octanol–water partition coefficient (Wildman–Crippen LogP) is 12.9. The third-order valence-electron chi connectivity index (χ3n) is 10.4. The summed E-state index contributed by atoms with van der Waals surface area (Å²) in [5.41, 5.74) is 17.3. The van der Waals surface area contributed by atoms with E-state index in [1.165, 1.54) is 77.6 Å². The molecule has 0 N–H and O–H groups in total. The first-order valence-corrected chi connectivity index (χ1v) is 18.4. The highest BCUT2D eigenvalue weighted by atomic mass is 32.2. The van der Waals surface area contributed by atoms with Gasteiger partial charge >= 0.3 is 0 Å². The quantitative estimate of drug-likeness (QED) is 0.163. The van der Waals surface area contributed by atoms with E-state index in [4.69, 9.17) is 0 Å². The second kappa shape index (κ2) is 12.7. The molecule has 0 radical (unpaired) electrons. The molecule has 1 nitrogen and oxygen atoms in total. The standard InChI is InChI=1S/C46H41NS/c1-46(2)40-29-28-38(47(36-22-14-7-15-23-36)37-26-24-33(25-27-37)32-16-8-4-9-17-32)30-39(40)45-41(46)31-42(48-3)43(34-18-10-5-11-19-34)44(45)35-20-12-6-13-21-35/h4-14,16-22,24,26,28-31H,15,23,25,27H2,1-3H3. The summed E-state index contributed by atoms with van der Waals surface area (Å²) in [6.45, 7) is 4.81. The van der Waals surface area contributed by atoms with Gasteiger partial charge in [0.15, 0.2) is 0 Å². The molecule has 3 aliphatic rings. The summed E-state index contributed by atoms with van der Waals surface area (Å²) in [4.78, 5) is 3.89. The summed E-state index contributed by atoms with van der Waals surface area (Å²) in [6, 6.07) is 42.6. The number of nitrogens with zero attached hydrogens (tertiary/aromatic N) is 1. The minimum Gasteiger partial charge on any atom is -0.318 e. The van der Waals surface area contributed by atoms with Gasteiger partial charge in [0, 0.05) is 33.0 Å². The lowest BCUT2D eigenvalue weighted by Crippen LogP contribution is -2.24. The minimum absolute atomic E-state index is 0.123. The van der Waals surface area contributed by atoms with Crippen LogP contribution in [0.25, 0.3) is 39.0 Å². The highest BCUT2D eigenvalue weighted by Crippen LogP contribution is 2.57. The third kappa shape index (κ3) is 5.29. The van der Waals surface area contributed by atoms with Crippen molar-refractivity contribution in [2.24, 2.45) is 0 Å². The van der Waals surface area contributed by atoms with Gasteiger partial charge in [-0.3, -0.25) is 0 Å². The smallest absolute Gasteiger partial charge is 0.0461 e. The largest absolute Gasteiger partial charge is 0.318 e. The van der Waals surface area contributed by atoms with Crippen molar-refractivity contribution in [3.63, 3.8) is 0 Å². The Morgan fingerprint density at radius 3 is 1.83 bits per heavy atom. The molecule has 0 atom stereocenters. The normalized spacial score (nSPS) is 16.0. The Balaban J connectivity index is 1.35. The van der Waals surface area contributed by atoms with E-state index in [-0.39, 0.29) is 5.41 Å². The van der Waals surface area contributed by atoms with Crippen molar-refractivity contribution >= 4 is 23.0 Å². The zero-order chi connectivity index (χ0) is 32.7. The molecule has 0 fully saturated rings. The molecule has 5 aromatic rings. The number of hydrogen-bond donors (Lipinski definition) is 0. The second-order valence-electron chi connectivity index (χ2n) is 13.5. The molecule has 0 aliphatic heterocycles. The molecule has 3 aliphatic carbocycles. The molecule has 0 saturated heterocycles. The van der Waals surface area contributed by atoms with Crippen molar-refractivity contribution in [3.8, 4) is 33.4 Å². The summed E-state index contributed by atoms with van der Waals surface area (Å²) >= 11 is 1.85. The van der Waals surface area contributed by atoms with Gasteiger partial charge in [0.2, 0.25) is 0 Å². The van der Waals surface area contributed by atoms with E-state index >= 15 is 0 Å². The Kier molecular flexibility index (Phi) is 8.06. The molecule has 48 heavy (non-hydrogen) atoms. The summed E-state index contributed by atoms with van der Waals surface area (Å²) in [5.74, 6) is 0. The average molecular weight is 640 g/mol. The Morgan fingerprint density at radius 2 is 1.23 bits per heavy atom. The maximum Gasteiger partial charge on any atom is 0.0461 e. The first-order valence-electron chi connectivity index (χ1n) is 17.2. The average Bonchev–Trinajstić information content (AvgIpc) is 3.37. The lowest BCUT2D eigenvalue weighted by atomic mass is 9.80. The summed E-state index contributed by atoms with van der Waals surface area (Å²) in [7, 11) is 0. The van der Waals surface area contributed by atoms with Crippen molar-refractivity contribution in [1.29, 1.82) is 0 Å². The molecular weight excluding hydrogens is 599 g/mol. The molecule has 2 heteroatoms. The molecular formula is C46H41NS. The van der Waals surface area contributed by atoms with Crippen molar-refractivity contribution < 1.29 is 0 Å². The Bertz CT molecular complexity index is 2110. The topological polar surface area (TPSA) is 3.24 Å². The predicted molar refractivity (Wildman–Crippen MR) is 207 cm³/mol. The first-order chi connectivity index (χ1) is 23.5. The van der Waals surface area contributed by atoms with Gasteiger partial charge in [0.05, 0.1) is 0 Å². The van der Waals surface area contributed by atoms with E-state index in [9.17, 15) is 0 Å². The Hall–Kier alpha value is -4.79. The fourth-order valence-electron chi connectivity index (χ4n) is 7.94. The van der Waals surface area contributed by atoms with Crippen molar-refractivity contribution in [2.45, 2.75) is 49.8 Å². The van der Waals surface area contributed by atoms with Crippen LogP contribution in [0.15, 0.2) is 162 Å². The van der Waals surface area contributed by atoms with Crippen LogP contribution in [-0.4, -0.2) is 6.26 Å². The summed E-state index contributed by atoms with van der Waals surface area (Å²) in [6.07, 6.45) is 17.9. The monoisotopic (exact) mass is 639 g/mol. The van der Waals surface area contributed by atoms with Crippen LogP contribution < -0.4 is 4.90 Å². The van der Waals surface area contributed by atoms with Gasteiger partial charge < -0.3 is 4.90 Å². The van der Waals surface area contributed by atoms with Crippen LogP contribution in [0.3, 0.4) is 0 Å². The first kappa shape index (κ1) is 30.5. The lowest BCUT2D eigenvalue weighted by Gasteiger charge is -2.33. The third-order valence-corrected chi connectivity index (χ3v) is 11.1. The van der Waals surface area contributed by atoms with Gasteiger partial charge in [-0.25, -0.2) is 0 Å². The number of rotatable bonds is 7. The SMILES string of the molecule is CSc1cc2c(c(-c3ccccc3)c1-c1ccccc1)-c1cc(N(C3=CC=CCC3)C3=CC=C(c4ccccc4)CC3)ccc1C2(C)C. The minimum atomic E-state index is -0.123. The van der Waals surface area contributed by atoms with E-state index < -0.39 is 0 Å². The number of anilines is 1. The van der Waals surface area contributed by atoms with Gasteiger partial charge in [0.1, 0.15) is 0 Å². The Labute approximate surface area is 290 Å². The molecule has 5 aromatic carbocycles. The van der Waals surface area contributed by atoms with Gasteiger partial charge in [-0.1, -0.05) is 129 Å². The van der Waals surface area contributed by atoms with Crippen molar-refractivity contribution in [2.75, 3.05) is 11.2 Å². The van der Waals surface area contributed by atoms with E-state index in [2.05, 4.69) is 171 Å². The maximum atomic E-state index is 2.56. The van der Waals surface area contributed by atoms with Gasteiger partial charge in [-0.05, 0) is 112 Å². The number of thioether (sulfide) groups is 1. The zero-order valence-corrected chi connectivity index (χ0v) is 28.9. The van der Waals surface area contributed by atoms with E-state index in [1.807, 2.05) is 11.8 Å². The summed E-state index contributed by atoms with van der Waals surface area (Å²) in [5, 5.41) is 0. The zero-order valence-electron chi connectivity index (χ0n) is 28.0. The van der Waals surface area contributed by atoms with Crippen LogP contribution in [-0.2, 0) is 5.41 Å². The molecule has 0 spiro atoms. The Morgan fingerprint density at radius 1 is 0.583 bits per heavy atom. The number of benzene rings is 5. The fraction of sp³-hybridized carbons (Fsp3) is 0.174. The number of allylic oxidation sites excluding steroid dienone is 8. The highest BCUT2D eigenvalue weighted by molar-refractivity contribution is 7.98. The van der Waals surface area contributed by atoms with Gasteiger partial charge in [-0.2, -0.15) is 0 Å². The second-order valence-corrected chi connectivity index (χ2v) is 14.4. The molecule has 0 heterocycles. The number of hydrogen-bond acceptors (Lipinski definition) is 2. The molecule has 0 unspecified atom stereocenters. The van der Waals surface area contributed by atoms with Gasteiger partial charge in [-0.15, -0.1) is 11.8 Å². The van der Waals surface area contributed by atoms with Crippen LogP contribution in [0.1, 0.15) is 56.2 Å². The van der Waals surface area contributed by atoms with Crippen LogP contribution >= 0.6 is 11.8 Å². The lowest BCUT2D eigenvalue weighted by molar-refractivity contribution is 0.659. The molecule has 0 saturated carbocycles. The highest BCUT2D eigenvalue weighted by Gasteiger charge is 2.39. The fourth-order valence-corrected chi connectivity index (χ4v) is 8.60. The van der Waals surface area contributed by atoms with Crippen LogP contribution in [0, 0.1) is 0 Å². The molecule has 0 amide bonds. The van der Waals surface area contributed by atoms with E-state index in [0.717, 1.165) is 25.7 Å². The molecule has 0 bridgehead atoms.